The van der Waals surface area contributed by atoms with Crippen molar-refractivity contribution in [2.45, 2.75) is 33.6 Å². The van der Waals surface area contributed by atoms with Crippen LogP contribution >= 0.6 is 11.3 Å². The van der Waals surface area contributed by atoms with Gasteiger partial charge in [0.05, 0.1) is 12.0 Å². The second kappa shape index (κ2) is 8.23. The summed E-state index contributed by atoms with van der Waals surface area (Å²) in [7, 11) is 0. The van der Waals surface area contributed by atoms with Gasteiger partial charge in [-0.2, -0.15) is 0 Å². The average Bonchev–Trinajstić information content (AvgIpc) is 3.06. The molecule has 0 N–H and O–H groups in total. The molecular weight excluding hydrogens is 404 g/mol. The van der Waals surface area contributed by atoms with E-state index in [0.29, 0.717) is 44.5 Å². The molecule has 0 bridgehead atoms. The van der Waals surface area contributed by atoms with Gasteiger partial charge in [-0.15, -0.1) is 11.3 Å². The van der Waals surface area contributed by atoms with E-state index in [9.17, 15) is 9.59 Å². The number of rotatable bonds is 6. The van der Waals surface area contributed by atoms with E-state index in [-0.39, 0.29) is 11.6 Å². The second-order valence-corrected chi connectivity index (χ2v) is 7.74. The number of hydrogen-bond donors (Lipinski definition) is 0. The molecule has 1 aromatic carbocycles. The molecule has 4 rings (SSSR count). The van der Waals surface area contributed by atoms with Crippen LogP contribution in [-0.4, -0.2) is 22.5 Å². The Kier molecular flexibility index (Phi) is 5.50. The lowest BCUT2D eigenvalue weighted by atomic mass is 10.1. The van der Waals surface area contributed by atoms with Crippen molar-refractivity contribution in [2.24, 2.45) is 0 Å². The summed E-state index contributed by atoms with van der Waals surface area (Å²) >= 11 is 1.24. The van der Waals surface area contributed by atoms with E-state index in [1.807, 2.05) is 19.1 Å². The number of aromatic nitrogens is 2. The van der Waals surface area contributed by atoms with E-state index in [1.165, 1.54) is 23.7 Å². The van der Waals surface area contributed by atoms with Crippen molar-refractivity contribution >= 4 is 38.5 Å². The fourth-order valence-electron chi connectivity index (χ4n) is 3.37. The van der Waals surface area contributed by atoms with Gasteiger partial charge in [0.1, 0.15) is 27.4 Å². The van der Waals surface area contributed by atoms with Gasteiger partial charge in [0.2, 0.25) is 5.88 Å². The van der Waals surface area contributed by atoms with Crippen LogP contribution in [0.3, 0.4) is 0 Å². The number of carbonyl (C=O) groups is 1. The zero-order valence-corrected chi connectivity index (χ0v) is 17.7. The van der Waals surface area contributed by atoms with Crippen molar-refractivity contribution in [3.05, 3.63) is 57.0 Å². The van der Waals surface area contributed by atoms with Crippen LogP contribution in [0.5, 0.6) is 11.6 Å². The van der Waals surface area contributed by atoms with Gasteiger partial charge >= 0.3 is 11.6 Å². The third-order valence-corrected chi connectivity index (χ3v) is 5.87. The van der Waals surface area contributed by atoms with Gasteiger partial charge < -0.3 is 13.9 Å². The molecule has 8 heteroatoms. The Labute approximate surface area is 176 Å². The van der Waals surface area contributed by atoms with E-state index in [2.05, 4.69) is 16.9 Å². The predicted octanol–water partition coefficient (Wildman–Crippen LogP) is 5.03. The highest BCUT2D eigenvalue weighted by molar-refractivity contribution is 7.20. The summed E-state index contributed by atoms with van der Waals surface area (Å²) < 4.78 is 16.5. The van der Waals surface area contributed by atoms with Crippen LogP contribution < -0.4 is 10.4 Å². The van der Waals surface area contributed by atoms with Crippen molar-refractivity contribution in [1.82, 2.24) is 9.97 Å². The zero-order valence-electron chi connectivity index (χ0n) is 16.9. The summed E-state index contributed by atoms with van der Waals surface area (Å²) in [6.07, 6.45) is 3.11. The molecule has 30 heavy (non-hydrogen) atoms. The Hall–Kier alpha value is -3.26. The quantitative estimate of drug-likeness (QED) is 0.317. The first-order chi connectivity index (χ1) is 14.5. The van der Waals surface area contributed by atoms with Crippen LogP contribution in [0.4, 0.5) is 0 Å². The van der Waals surface area contributed by atoms with E-state index < -0.39 is 0 Å². The molecule has 7 nitrogen and oxygen atoms in total. The minimum Gasteiger partial charge on any atom is -0.462 e. The Balaban J connectivity index is 1.76. The molecule has 154 valence electrons. The van der Waals surface area contributed by atoms with E-state index in [0.717, 1.165) is 23.8 Å². The highest BCUT2D eigenvalue weighted by atomic mass is 32.1. The van der Waals surface area contributed by atoms with Gasteiger partial charge in [0.15, 0.2) is 0 Å². The number of aryl methyl sites for hydroxylation is 2. The number of thiophene rings is 1. The Morgan fingerprint density at radius 1 is 1.20 bits per heavy atom. The molecule has 0 unspecified atom stereocenters. The average molecular weight is 424 g/mol. The number of nitrogens with zero attached hydrogens (tertiary/aromatic N) is 2. The first kappa shape index (κ1) is 20.0. The van der Waals surface area contributed by atoms with E-state index >= 15 is 0 Å². The minimum absolute atomic E-state index is 0.296. The molecule has 4 aromatic rings. The zero-order chi connectivity index (χ0) is 21.3. The first-order valence-corrected chi connectivity index (χ1v) is 10.5. The fourth-order valence-corrected chi connectivity index (χ4v) is 4.40. The molecule has 3 aromatic heterocycles. The molecule has 0 aliphatic carbocycles. The van der Waals surface area contributed by atoms with Crippen LogP contribution in [0.1, 0.15) is 41.1 Å². The van der Waals surface area contributed by atoms with E-state index in [4.69, 9.17) is 13.9 Å². The number of benzene rings is 1. The first-order valence-electron chi connectivity index (χ1n) is 9.67. The summed E-state index contributed by atoms with van der Waals surface area (Å²) in [6.45, 7) is 5.94. The standard InChI is InChI=1S/C22H20N2O5S/c1-4-6-13-9-17(25)29-16-10-14(7-8-15(13)16)28-20-18-12(3)19(22(26)27-5-2)30-21(18)24-11-23-20/h7-11H,4-6H2,1-3H3. The number of esters is 1. The van der Waals surface area contributed by atoms with Gasteiger partial charge in [0, 0.05) is 17.5 Å². The molecule has 0 saturated heterocycles. The van der Waals surface area contributed by atoms with Crippen LogP contribution in [-0.2, 0) is 11.2 Å². The molecule has 0 amide bonds. The van der Waals surface area contributed by atoms with Crippen molar-refractivity contribution < 1.29 is 18.7 Å². The van der Waals surface area contributed by atoms with Crippen molar-refractivity contribution in [2.75, 3.05) is 6.61 Å². The normalized spacial score (nSPS) is 11.2. The predicted molar refractivity (Wildman–Crippen MR) is 115 cm³/mol. The van der Waals surface area contributed by atoms with Crippen molar-refractivity contribution in [3.8, 4) is 11.6 Å². The van der Waals surface area contributed by atoms with Gasteiger partial charge in [-0.1, -0.05) is 13.3 Å². The molecule has 0 spiro atoms. The lowest BCUT2D eigenvalue weighted by Gasteiger charge is -2.09. The second-order valence-electron chi connectivity index (χ2n) is 6.74. The maximum Gasteiger partial charge on any atom is 0.348 e. The highest BCUT2D eigenvalue weighted by Gasteiger charge is 2.21. The molecular formula is C22H20N2O5S. The number of fused-ring (bicyclic) bond motifs is 2. The molecule has 0 fully saturated rings. The minimum atomic E-state index is -0.389. The van der Waals surface area contributed by atoms with Gasteiger partial charge in [-0.05, 0) is 43.5 Å². The molecule has 0 aliphatic rings. The van der Waals surface area contributed by atoms with Crippen LogP contribution in [0.2, 0.25) is 0 Å². The molecule has 3 heterocycles. The van der Waals surface area contributed by atoms with Crippen molar-refractivity contribution in [1.29, 1.82) is 0 Å². The largest absolute Gasteiger partial charge is 0.462 e. The maximum absolute atomic E-state index is 12.2. The lowest BCUT2D eigenvalue weighted by molar-refractivity contribution is 0.0531. The Bertz CT molecular complexity index is 1310. The SMILES string of the molecule is CCCc1cc(=O)oc2cc(Oc3ncnc4sc(C(=O)OCC)c(C)c34)ccc12. The molecule has 0 aliphatic heterocycles. The van der Waals surface area contributed by atoms with Crippen LogP contribution in [0.25, 0.3) is 21.2 Å². The van der Waals surface area contributed by atoms with E-state index in [1.54, 1.807) is 13.0 Å². The van der Waals surface area contributed by atoms with Gasteiger partial charge in [0.25, 0.3) is 0 Å². The van der Waals surface area contributed by atoms with Crippen LogP contribution in [0, 0.1) is 6.92 Å². The lowest BCUT2D eigenvalue weighted by Crippen LogP contribution is -2.03. The summed E-state index contributed by atoms with van der Waals surface area (Å²) in [5.74, 6) is 0.415. The summed E-state index contributed by atoms with van der Waals surface area (Å²) in [6, 6.07) is 6.90. The molecule has 0 atom stereocenters. The summed E-state index contributed by atoms with van der Waals surface area (Å²) in [5, 5.41) is 1.54. The maximum atomic E-state index is 12.2. The fraction of sp³-hybridized carbons (Fsp3) is 0.273. The molecule has 0 saturated carbocycles. The third kappa shape index (κ3) is 3.66. The van der Waals surface area contributed by atoms with Gasteiger partial charge in [-0.25, -0.2) is 19.6 Å². The third-order valence-electron chi connectivity index (χ3n) is 4.69. The topological polar surface area (TPSA) is 91.5 Å². The number of carbonyl (C=O) groups excluding carboxylic acids is 1. The van der Waals surface area contributed by atoms with Crippen molar-refractivity contribution in [3.63, 3.8) is 0 Å². The summed E-state index contributed by atoms with van der Waals surface area (Å²) in [4.78, 5) is 33.8. The van der Waals surface area contributed by atoms with Gasteiger partial charge in [-0.3, -0.25) is 0 Å². The number of ether oxygens (including phenoxy) is 2. The Morgan fingerprint density at radius 3 is 2.80 bits per heavy atom. The summed E-state index contributed by atoms with van der Waals surface area (Å²) in [5.41, 5.74) is 1.73. The highest BCUT2D eigenvalue weighted by Crippen LogP contribution is 2.37. The smallest absolute Gasteiger partial charge is 0.348 e. The molecule has 0 radical (unpaired) electrons. The Morgan fingerprint density at radius 2 is 2.03 bits per heavy atom. The van der Waals surface area contributed by atoms with Crippen LogP contribution in [0.15, 0.2) is 39.8 Å². The monoisotopic (exact) mass is 424 g/mol. The number of hydrogen-bond acceptors (Lipinski definition) is 8.